The summed E-state index contributed by atoms with van der Waals surface area (Å²) in [7, 11) is 0. The van der Waals surface area contributed by atoms with Crippen LogP contribution < -0.4 is 5.32 Å². The molecule has 2 rings (SSSR count). The van der Waals surface area contributed by atoms with Crippen LogP contribution in [0.2, 0.25) is 0 Å². The number of piperidine rings is 1. The first-order chi connectivity index (χ1) is 9.15. The molecule has 0 amide bonds. The minimum atomic E-state index is -2.38. The Kier molecular flexibility index (Phi) is 5.39. The van der Waals surface area contributed by atoms with Gasteiger partial charge in [0.05, 0.1) is 0 Å². The van der Waals surface area contributed by atoms with Crippen molar-refractivity contribution in [2.75, 3.05) is 18.4 Å². The van der Waals surface area contributed by atoms with Crippen molar-refractivity contribution < 1.29 is 8.78 Å². The van der Waals surface area contributed by atoms with Crippen LogP contribution >= 0.6 is 24.0 Å². The van der Waals surface area contributed by atoms with Crippen LogP contribution in [-0.4, -0.2) is 28.9 Å². The summed E-state index contributed by atoms with van der Waals surface area (Å²) < 4.78 is 24.4. The highest BCUT2D eigenvalue weighted by molar-refractivity contribution is 7.99. The molecule has 2 nitrogen and oxygen atoms in total. The molecule has 1 heterocycles. The largest absolute Gasteiger partial charge is 0.349 e. The van der Waals surface area contributed by atoms with Crippen molar-refractivity contribution in [1.29, 1.82) is 0 Å². The average molecular weight is 302 g/mol. The summed E-state index contributed by atoms with van der Waals surface area (Å²) in [6.45, 7) is 1.98. The number of thiocarbonyl (C=S) groups is 1. The minimum absolute atomic E-state index is 0.550. The van der Waals surface area contributed by atoms with Crippen LogP contribution in [0.5, 0.6) is 0 Å². The number of nitrogens with one attached hydrogen (secondary N) is 1. The lowest BCUT2D eigenvalue weighted by Crippen LogP contribution is -2.38. The predicted octanol–water partition coefficient (Wildman–Crippen LogP) is 4.18. The smallest absolute Gasteiger partial charge is 0.288 e. The number of thioether (sulfide) groups is 1. The highest BCUT2D eigenvalue weighted by atomic mass is 32.2. The lowest BCUT2D eigenvalue weighted by molar-refractivity contribution is 0.252. The van der Waals surface area contributed by atoms with E-state index in [1.807, 2.05) is 0 Å². The van der Waals surface area contributed by atoms with Crippen molar-refractivity contribution in [1.82, 2.24) is 4.90 Å². The van der Waals surface area contributed by atoms with E-state index in [-0.39, 0.29) is 0 Å². The van der Waals surface area contributed by atoms with Crippen LogP contribution in [0.25, 0.3) is 0 Å². The Bertz CT molecular complexity index is 417. The molecule has 0 atom stereocenters. The van der Waals surface area contributed by atoms with Gasteiger partial charge < -0.3 is 10.2 Å². The first-order valence-electron chi connectivity index (χ1n) is 6.26. The second-order valence-electron chi connectivity index (χ2n) is 4.38. The van der Waals surface area contributed by atoms with E-state index in [9.17, 15) is 8.78 Å². The first-order valence-corrected chi connectivity index (χ1v) is 7.55. The van der Waals surface area contributed by atoms with Crippen LogP contribution in [0.1, 0.15) is 19.3 Å². The third-order valence-corrected chi connectivity index (χ3v) is 4.06. The van der Waals surface area contributed by atoms with E-state index in [2.05, 4.69) is 10.2 Å². The Labute approximate surface area is 121 Å². The third kappa shape index (κ3) is 4.62. The summed E-state index contributed by atoms with van der Waals surface area (Å²) in [6, 6.07) is 6.91. The topological polar surface area (TPSA) is 15.3 Å². The van der Waals surface area contributed by atoms with Crippen molar-refractivity contribution in [3.05, 3.63) is 24.3 Å². The predicted molar refractivity (Wildman–Crippen MR) is 79.9 cm³/mol. The molecule has 1 aliphatic heterocycles. The minimum Gasteiger partial charge on any atom is -0.349 e. The number of hydrogen-bond acceptors (Lipinski definition) is 2. The highest BCUT2D eigenvalue weighted by Crippen LogP contribution is 2.26. The van der Waals surface area contributed by atoms with Gasteiger partial charge in [0.2, 0.25) is 0 Å². The maximum Gasteiger partial charge on any atom is 0.288 e. The summed E-state index contributed by atoms with van der Waals surface area (Å²) in [5.74, 6) is -2.38. The van der Waals surface area contributed by atoms with Crippen molar-refractivity contribution in [3.63, 3.8) is 0 Å². The molecule has 0 spiro atoms. The van der Waals surface area contributed by atoms with Gasteiger partial charge >= 0.3 is 0 Å². The van der Waals surface area contributed by atoms with E-state index >= 15 is 0 Å². The number of likely N-dealkylation sites (tertiary alicyclic amines) is 1. The fourth-order valence-corrected chi connectivity index (χ4v) is 2.82. The molecule has 6 heteroatoms. The maximum atomic E-state index is 12.2. The molecule has 0 aromatic heterocycles. The Balaban J connectivity index is 1.89. The zero-order valence-corrected chi connectivity index (χ0v) is 12.1. The van der Waals surface area contributed by atoms with Gasteiger partial charge in [-0.1, -0.05) is 11.8 Å². The van der Waals surface area contributed by atoms with Gasteiger partial charge in [-0.3, -0.25) is 0 Å². The van der Waals surface area contributed by atoms with Gasteiger partial charge in [0, 0.05) is 23.7 Å². The van der Waals surface area contributed by atoms with Crippen molar-refractivity contribution in [2.45, 2.75) is 29.9 Å². The fourth-order valence-electron chi connectivity index (χ4n) is 2.02. The molecule has 1 aliphatic rings. The summed E-state index contributed by atoms with van der Waals surface area (Å²) in [4.78, 5) is 2.71. The quantitative estimate of drug-likeness (QED) is 0.665. The monoisotopic (exact) mass is 302 g/mol. The van der Waals surface area contributed by atoms with Gasteiger partial charge in [-0.2, -0.15) is 8.78 Å². The molecular weight excluding hydrogens is 286 g/mol. The van der Waals surface area contributed by atoms with Gasteiger partial charge in [-0.15, -0.1) is 0 Å². The second kappa shape index (κ2) is 7.05. The molecule has 0 unspecified atom stereocenters. The second-order valence-corrected chi connectivity index (χ2v) is 5.83. The third-order valence-electron chi connectivity index (χ3n) is 2.97. The fraction of sp³-hybridized carbons (Fsp3) is 0.462. The number of nitrogens with zero attached hydrogens (tertiary/aromatic N) is 1. The van der Waals surface area contributed by atoms with E-state index in [4.69, 9.17) is 12.2 Å². The van der Waals surface area contributed by atoms with E-state index in [0.29, 0.717) is 21.8 Å². The molecule has 1 saturated heterocycles. The maximum absolute atomic E-state index is 12.2. The van der Waals surface area contributed by atoms with Crippen molar-refractivity contribution in [2.24, 2.45) is 0 Å². The number of anilines is 1. The van der Waals surface area contributed by atoms with E-state index in [0.717, 1.165) is 18.8 Å². The van der Waals surface area contributed by atoms with E-state index in [1.165, 1.54) is 19.3 Å². The summed E-state index contributed by atoms with van der Waals surface area (Å²) >= 11 is 5.90. The van der Waals surface area contributed by atoms with Gasteiger partial charge in [0.1, 0.15) is 0 Å². The zero-order valence-electron chi connectivity index (χ0n) is 10.4. The molecule has 0 saturated carbocycles. The molecule has 104 valence electrons. The molecule has 1 aromatic rings. The normalized spacial score (nSPS) is 15.6. The van der Waals surface area contributed by atoms with Crippen LogP contribution in [0, 0.1) is 0 Å². The molecule has 19 heavy (non-hydrogen) atoms. The van der Waals surface area contributed by atoms with Crippen LogP contribution in [0.15, 0.2) is 29.2 Å². The summed E-state index contributed by atoms with van der Waals surface area (Å²) in [5.41, 5.74) is 0.842. The molecule has 0 aliphatic carbocycles. The molecular formula is C13H16F2N2S2. The van der Waals surface area contributed by atoms with Gasteiger partial charge in [-0.05, 0) is 55.7 Å². The van der Waals surface area contributed by atoms with Gasteiger partial charge in [0.15, 0.2) is 5.11 Å². The van der Waals surface area contributed by atoms with E-state index < -0.39 is 5.76 Å². The average Bonchev–Trinajstić information content (AvgIpc) is 2.41. The lowest BCUT2D eigenvalue weighted by atomic mass is 10.1. The Morgan fingerprint density at radius 1 is 1.16 bits per heavy atom. The number of halogens is 2. The number of rotatable bonds is 3. The van der Waals surface area contributed by atoms with Crippen LogP contribution in [0.3, 0.4) is 0 Å². The standard InChI is InChI=1S/C13H16F2N2S2/c14-12(15)19-11-6-4-10(5-7-11)16-13(18)17-8-2-1-3-9-17/h4-7,12H,1-3,8-9H2,(H,16,18). The zero-order chi connectivity index (χ0) is 13.7. The Morgan fingerprint density at radius 2 is 1.79 bits per heavy atom. The molecule has 1 N–H and O–H groups in total. The number of alkyl halides is 2. The first kappa shape index (κ1) is 14.5. The number of benzene rings is 1. The summed E-state index contributed by atoms with van der Waals surface area (Å²) in [5, 5.41) is 3.87. The Morgan fingerprint density at radius 3 is 2.37 bits per heavy atom. The molecule has 0 radical (unpaired) electrons. The van der Waals surface area contributed by atoms with Crippen molar-refractivity contribution in [3.8, 4) is 0 Å². The van der Waals surface area contributed by atoms with Crippen molar-refractivity contribution >= 4 is 34.8 Å². The SMILES string of the molecule is FC(F)Sc1ccc(NC(=S)N2CCCCC2)cc1. The van der Waals surface area contributed by atoms with Crippen LogP contribution in [0.4, 0.5) is 14.5 Å². The van der Waals surface area contributed by atoms with Gasteiger partial charge in [-0.25, -0.2) is 0 Å². The number of hydrogen-bond donors (Lipinski definition) is 1. The Hall–Kier alpha value is -0.880. The molecule has 1 fully saturated rings. The molecule has 0 bridgehead atoms. The molecule has 1 aromatic carbocycles. The summed E-state index contributed by atoms with van der Waals surface area (Å²) in [6.07, 6.45) is 3.61. The van der Waals surface area contributed by atoms with Crippen LogP contribution in [-0.2, 0) is 0 Å². The van der Waals surface area contributed by atoms with E-state index in [1.54, 1.807) is 24.3 Å². The highest BCUT2D eigenvalue weighted by Gasteiger charge is 2.13. The van der Waals surface area contributed by atoms with Gasteiger partial charge in [0.25, 0.3) is 5.76 Å². The lowest BCUT2D eigenvalue weighted by Gasteiger charge is -2.29.